The molecule has 1 spiro atoms. The quantitative estimate of drug-likeness (QED) is 0.198. The number of allylic oxidation sites excluding steroid dienone is 3. The molecule has 4 N–H and O–H groups in total. The SMILES string of the molecule is C/C=C/C=C/c1cc2cc3c(c(O)c2c(=O)[nH]1)C1(C(O)=c2c(=O)c4c(=O)ccc(=O)c=4c(=O)c2=C1O)C(SCc1ccccc1)C3OC. The highest BCUT2D eigenvalue weighted by Gasteiger charge is 2.63. The van der Waals surface area contributed by atoms with Gasteiger partial charge in [0, 0.05) is 24.1 Å². The van der Waals surface area contributed by atoms with Crippen molar-refractivity contribution in [2.75, 3.05) is 7.11 Å². The molecule has 3 aromatic rings. The summed E-state index contributed by atoms with van der Waals surface area (Å²) in [5.41, 5.74) is -5.36. The molecule has 1 aromatic heterocycles. The third-order valence-corrected chi connectivity index (χ3v) is 10.6. The summed E-state index contributed by atoms with van der Waals surface area (Å²) in [6.07, 6.45) is 6.04. The van der Waals surface area contributed by atoms with Crippen LogP contribution in [-0.2, 0) is 15.9 Å². The number of nitrogens with one attached hydrogen (secondary N) is 1. The summed E-state index contributed by atoms with van der Waals surface area (Å²) in [4.78, 5) is 69.8. The van der Waals surface area contributed by atoms with Crippen LogP contribution >= 0.6 is 11.8 Å². The molecule has 0 fully saturated rings. The number of rotatable bonds is 6. The Bertz CT molecular complexity index is 2630. The third-order valence-electron chi connectivity index (χ3n) is 9.17. The molecule has 4 aliphatic carbocycles. The van der Waals surface area contributed by atoms with E-state index in [2.05, 4.69) is 4.98 Å². The molecule has 0 aliphatic heterocycles. The Labute approximate surface area is 274 Å². The zero-order valence-corrected chi connectivity index (χ0v) is 26.4. The zero-order chi connectivity index (χ0) is 34.1. The Kier molecular flexibility index (Phi) is 7.34. The van der Waals surface area contributed by atoms with Crippen LogP contribution in [0, 0.1) is 10.4 Å². The van der Waals surface area contributed by atoms with Crippen LogP contribution in [0.4, 0.5) is 0 Å². The predicted octanol–water partition coefficient (Wildman–Crippen LogP) is 2.15. The summed E-state index contributed by atoms with van der Waals surface area (Å²) in [6.45, 7) is 1.84. The number of aliphatic hydroxyl groups excluding tert-OH is 2. The number of hydrogen-bond acceptors (Lipinski definition) is 10. The van der Waals surface area contributed by atoms with E-state index in [1.807, 2.05) is 43.3 Å². The minimum Gasteiger partial charge on any atom is -0.510 e. The number of aromatic amines is 1. The van der Waals surface area contributed by atoms with Gasteiger partial charge >= 0.3 is 0 Å². The molecule has 10 nitrogen and oxygen atoms in total. The van der Waals surface area contributed by atoms with Gasteiger partial charge in [-0.3, -0.25) is 24.0 Å². The summed E-state index contributed by atoms with van der Waals surface area (Å²) in [5, 5.41) is 32.9. The number of pyridine rings is 1. The van der Waals surface area contributed by atoms with Gasteiger partial charge in [0.15, 0.2) is 10.9 Å². The highest BCUT2D eigenvalue weighted by molar-refractivity contribution is 7.99. The monoisotopic (exact) mass is 661 g/mol. The Morgan fingerprint density at radius 2 is 1.48 bits per heavy atom. The summed E-state index contributed by atoms with van der Waals surface area (Å²) < 4.78 is 5.99. The summed E-state index contributed by atoms with van der Waals surface area (Å²) in [6, 6.07) is 14.3. The molecule has 2 aromatic carbocycles. The lowest BCUT2D eigenvalue weighted by molar-refractivity contribution is 0.101. The van der Waals surface area contributed by atoms with Crippen molar-refractivity contribution in [1.29, 1.82) is 0 Å². The first-order chi connectivity index (χ1) is 23.1. The fourth-order valence-corrected chi connectivity index (χ4v) is 8.76. The van der Waals surface area contributed by atoms with Crippen molar-refractivity contribution in [2.45, 2.75) is 29.4 Å². The van der Waals surface area contributed by atoms with Crippen LogP contribution < -0.4 is 37.7 Å². The molecule has 0 bridgehead atoms. The van der Waals surface area contributed by atoms with Crippen molar-refractivity contribution in [2.24, 2.45) is 0 Å². The van der Waals surface area contributed by atoms with Gasteiger partial charge in [-0.25, -0.2) is 0 Å². The van der Waals surface area contributed by atoms with Crippen molar-refractivity contribution >= 4 is 40.1 Å². The van der Waals surface area contributed by atoms with Gasteiger partial charge in [-0.15, -0.1) is 11.8 Å². The number of ether oxygens (including phenoxy) is 1. The molecule has 0 radical (unpaired) electrons. The second-order valence-corrected chi connectivity index (χ2v) is 12.8. The zero-order valence-electron chi connectivity index (χ0n) is 25.6. The smallest absolute Gasteiger partial charge is 0.260 e. The fraction of sp³-hybridized carbons (Fsp3) is 0.162. The predicted molar refractivity (Wildman–Crippen MR) is 184 cm³/mol. The van der Waals surface area contributed by atoms with E-state index >= 15 is 0 Å². The molecule has 11 heteroatoms. The summed E-state index contributed by atoms with van der Waals surface area (Å²) >= 11 is 1.23. The van der Waals surface area contributed by atoms with Crippen molar-refractivity contribution in [3.8, 4) is 5.75 Å². The number of aromatic nitrogens is 1. The molecule has 1 heterocycles. The molecule has 48 heavy (non-hydrogen) atoms. The molecule has 2 unspecified atom stereocenters. The molecule has 2 atom stereocenters. The van der Waals surface area contributed by atoms with E-state index < -0.39 is 82.2 Å². The van der Waals surface area contributed by atoms with Gasteiger partial charge in [-0.1, -0.05) is 48.6 Å². The number of H-pyrrole nitrogens is 1. The van der Waals surface area contributed by atoms with Crippen LogP contribution in [0.3, 0.4) is 0 Å². The standard InChI is InChI=1S/C37H27NO9S/c1-3-4-6-11-19-14-18-15-20-28(31(43)23(18)36(46)38-19)37(35(32(20)47-2)48-16-17-9-7-5-8-10-17)33(44)26-27(34(37)45)30(42)25-22(40)13-12-21(39)24(25)29(26)41/h3-15,32,35,43-45H,16H2,1-2H3,(H,38,46)/b4-3+,11-6+. The number of hydrogen-bond donors (Lipinski definition) is 4. The van der Waals surface area contributed by atoms with E-state index in [-0.39, 0.29) is 10.9 Å². The van der Waals surface area contributed by atoms with Gasteiger partial charge in [-0.05, 0) is 53.8 Å². The molecule has 4 aliphatic rings. The Hall–Kier alpha value is -5.52. The van der Waals surface area contributed by atoms with Gasteiger partial charge in [0.2, 0.25) is 10.9 Å². The largest absolute Gasteiger partial charge is 0.510 e. The van der Waals surface area contributed by atoms with Crippen LogP contribution in [0.5, 0.6) is 5.75 Å². The van der Waals surface area contributed by atoms with E-state index in [4.69, 9.17) is 4.74 Å². The second-order valence-electron chi connectivity index (χ2n) is 11.7. The van der Waals surface area contributed by atoms with Gasteiger partial charge in [0.05, 0.1) is 37.6 Å². The van der Waals surface area contributed by atoms with Crippen molar-refractivity contribution < 1.29 is 20.1 Å². The third kappa shape index (κ3) is 4.14. The molecule has 0 amide bonds. The number of aromatic hydroxyl groups is 1. The lowest BCUT2D eigenvalue weighted by Crippen LogP contribution is -2.51. The number of aliphatic hydroxyl groups is 2. The van der Waals surface area contributed by atoms with E-state index in [9.17, 15) is 39.3 Å². The fourth-order valence-electron chi connectivity index (χ4n) is 7.17. The normalized spacial score (nSPS) is 18.2. The Morgan fingerprint density at radius 3 is 2.06 bits per heavy atom. The molecular formula is C37H27NO9S. The number of fused-ring (bicyclic) bond motifs is 4. The van der Waals surface area contributed by atoms with Crippen LogP contribution in [0.2, 0.25) is 0 Å². The lowest BCUT2D eigenvalue weighted by atomic mass is 9.78. The molecule has 240 valence electrons. The first-order valence-corrected chi connectivity index (χ1v) is 16.0. The number of thioether (sulfide) groups is 1. The number of phenolic OH excluding ortho intramolecular Hbond substituents is 1. The van der Waals surface area contributed by atoms with Gasteiger partial charge < -0.3 is 25.0 Å². The van der Waals surface area contributed by atoms with E-state index in [1.165, 1.54) is 18.9 Å². The van der Waals surface area contributed by atoms with E-state index in [0.29, 0.717) is 22.4 Å². The molecule has 0 saturated heterocycles. The van der Waals surface area contributed by atoms with Gasteiger partial charge in [0.1, 0.15) is 22.7 Å². The Balaban J connectivity index is 1.63. The van der Waals surface area contributed by atoms with Gasteiger partial charge in [0.25, 0.3) is 5.56 Å². The summed E-state index contributed by atoms with van der Waals surface area (Å²) in [5.74, 6) is -1.87. The maximum absolute atomic E-state index is 13.9. The van der Waals surface area contributed by atoms with Crippen molar-refractivity contribution in [3.63, 3.8) is 0 Å². The van der Waals surface area contributed by atoms with E-state index in [0.717, 1.165) is 17.7 Å². The minimum absolute atomic E-state index is 0.131. The lowest BCUT2D eigenvalue weighted by Gasteiger charge is -2.34. The average molecular weight is 662 g/mol. The average Bonchev–Trinajstić information content (AvgIpc) is 3.48. The van der Waals surface area contributed by atoms with Crippen LogP contribution in [0.1, 0.15) is 35.4 Å². The number of methoxy groups -OCH3 is 1. The maximum Gasteiger partial charge on any atom is 0.260 e. The van der Waals surface area contributed by atoms with Crippen LogP contribution in [0.15, 0.2) is 96.8 Å². The van der Waals surface area contributed by atoms with E-state index in [1.54, 1.807) is 30.4 Å². The minimum atomic E-state index is -2.19. The van der Waals surface area contributed by atoms with Crippen molar-refractivity contribution in [1.82, 2.24) is 4.98 Å². The Morgan fingerprint density at radius 1 is 0.854 bits per heavy atom. The first-order valence-electron chi connectivity index (χ1n) is 15.0. The molecular weight excluding hydrogens is 634 g/mol. The highest BCUT2D eigenvalue weighted by atomic mass is 32.2. The first kappa shape index (κ1) is 31.1. The maximum atomic E-state index is 13.9. The van der Waals surface area contributed by atoms with Crippen LogP contribution in [0.25, 0.3) is 28.4 Å². The van der Waals surface area contributed by atoms with Gasteiger partial charge in [-0.2, -0.15) is 0 Å². The molecule has 7 rings (SSSR count). The molecule has 0 saturated carbocycles. The number of phenols is 1. The van der Waals surface area contributed by atoms with Crippen molar-refractivity contribution in [3.05, 3.63) is 167 Å². The summed E-state index contributed by atoms with van der Waals surface area (Å²) in [7, 11) is 1.41. The highest BCUT2D eigenvalue weighted by Crippen LogP contribution is 2.62. The number of benzene rings is 2. The topological polar surface area (TPSA) is 171 Å². The second kappa shape index (κ2) is 11.3. The van der Waals surface area contributed by atoms with Crippen LogP contribution in [-0.4, -0.2) is 32.7 Å².